The lowest BCUT2D eigenvalue weighted by Crippen LogP contribution is -2.28. The zero-order valence-corrected chi connectivity index (χ0v) is 15.1. The molecule has 0 aliphatic carbocycles. The average molecular weight is 381 g/mol. The van der Waals surface area contributed by atoms with E-state index in [0.717, 1.165) is 11.2 Å². The Balaban J connectivity index is 1.61. The smallest absolute Gasteiger partial charge is 0.230 e. The van der Waals surface area contributed by atoms with Crippen LogP contribution in [0.15, 0.2) is 47.8 Å². The quantitative estimate of drug-likeness (QED) is 0.679. The highest BCUT2D eigenvalue weighted by atomic mass is 35.5. The van der Waals surface area contributed by atoms with Gasteiger partial charge in [0.25, 0.3) is 0 Å². The van der Waals surface area contributed by atoms with Crippen LogP contribution in [-0.2, 0) is 4.79 Å². The van der Waals surface area contributed by atoms with Crippen molar-refractivity contribution in [1.82, 2.24) is 19.9 Å². The third-order valence-corrected chi connectivity index (χ3v) is 4.93. The number of hydrogen-bond donors (Lipinski definition) is 1. The molecule has 124 valence electrons. The summed E-state index contributed by atoms with van der Waals surface area (Å²) in [5, 5.41) is 12.8. The molecule has 0 radical (unpaired) electrons. The number of fused-ring (bicyclic) bond motifs is 1. The Morgan fingerprint density at radius 1 is 1.29 bits per heavy atom. The number of aromatic nitrogens is 3. The molecule has 3 aromatic rings. The van der Waals surface area contributed by atoms with Gasteiger partial charge in [-0.15, -0.1) is 10.2 Å². The van der Waals surface area contributed by atoms with Gasteiger partial charge in [0.2, 0.25) is 5.91 Å². The molecule has 8 heteroatoms. The van der Waals surface area contributed by atoms with Crippen molar-refractivity contribution < 1.29 is 4.79 Å². The minimum atomic E-state index is -0.210. The number of thioether (sulfide) groups is 1. The van der Waals surface area contributed by atoms with Crippen LogP contribution in [0.25, 0.3) is 5.65 Å². The summed E-state index contributed by atoms with van der Waals surface area (Å²) in [6.45, 7) is 1.88. The zero-order valence-electron chi connectivity index (χ0n) is 12.7. The van der Waals surface area contributed by atoms with E-state index in [1.807, 2.05) is 41.8 Å². The topological polar surface area (TPSA) is 59.3 Å². The van der Waals surface area contributed by atoms with Crippen LogP contribution in [0, 0.1) is 0 Å². The minimum Gasteiger partial charge on any atom is -0.349 e. The fraction of sp³-hybridized carbons (Fsp3) is 0.188. The van der Waals surface area contributed by atoms with Gasteiger partial charge in [0.05, 0.1) is 11.8 Å². The largest absolute Gasteiger partial charge is 0.349 e. The van der Waals surface area contributed by atoms with Crippen molar-refractivity contribution in [2.75, 3.05) is 5.75 Å². The summed E-state index contributed by atoms with van der Waals surface area (Å²) in [5.41, 5.74) is 1.58. The second kappa shape index (κ2) is 7.42. The van der Waals surface area contributed by atoms with Crippen molar-refractivity contribution in [3.63, 3.8) is 0 Å². The van der Waals surface area contributed by atoms with Crippen LogP contribution in [0.1, 0.15) is 18.5 Å². The molecule has 24 heavy (non-hydrogen) atoms. The molecule has 0 saturated carbocycles. The van der Waals surface area contributed by atoms with E-state index < -0.39 is 0 Å². The lowest BCUT2D eigenvalue weighted by Gasteiger charge is -2.15. The van der Waals surface area contributed by atoms with E-state index in [4.69, 9.17) is 23.2 Å². The van der Waals surface area contributed by atoms with Crippen molar-refractivity contribution >= 4 is 46.5 Å². The predicted octanol–water partition coefficient (Wildman–Crippen LogP) is 4.01. The first kappa shape index (κ1) is 17.1. The first-order chi connectivity index (χ1) is 11.5. The highest BCUT2D eigenvalue weighted by Crippen LogP contribution is 2.26. The van der Waals surface area contributed by atoms with E-state index in [0.29, 0.717) is 15.2 Å². The molecule has 3 rings (SSSR count). The molecule has 2 aromatic heterocycles. The number of benzene rings is 1. The Bertz CT molecular complexity index is 883. The van der Waals surface area contributed by atoms with Gasteiger partial charge in [0.1, 0.15) is 0 Å². The van der Waals surface area contributed by atoms with Crippen LogP contribution in [-0.4, -0.2) is 26.3 Å². The standard InChI is InChI=1S/C16H14Cl2N4OS/c1-10(12-6-5-11(17)8-13(12)18)19-15(23)9-24-16-21-20-14-4-2-3-7-22(14)16/h2-8,10H,9H2,1H3,(H,19,23)/t10-/m1/s1. The van der Waals surface area contributed by atoms with Gasteiger partial charge >= 0.3 is 0 Å². The van der Waals surface area contributed by atoms with E-state index in [1.54, 1.807) is 12.1 Å². The van der Waals surface area contributed by atoms with Crippen LogP contribution < -0.4 is 5.32 Å². The molecule has 0 fully saturated rings. The number of halogens is 2. The third kappa shape index (κ3) is 3.83. The molecule has 0 bridgehead atoms. The number of amides is 1. The van der Waals surface area contributed by atoms with Crippen molar-refractivity contribution in [3.8, 4) is 0 Å². The number of hydrogen-bond acceptors (Lipinski definition) is 4. The maximum absolute atomic E-state index is 12.2. The predicted molar refractivity (Wildman–Crippen MR) is 96.7 cm³/mol. The number of nitrogens with zero attached hydrogens (tertiary/aromatic N) is 3. The zero-order chi connectivity index (χ0) is 17.1. The van der Waals surface area contributed by atoms with Crippen molar-refractivity contribution in [2.24, 2.45) is 0 Å². The molecule has 1 N–H and O–H groups in total. The molecule has 0 aliphatic heterocycles. The number of carbonyl (C=O) groups is 1. The highest BCUT2D eigenvalue weighted by Gasteiger charge is 2.14. The fourth-order valence-electron chi connectivity index (χ4n) is 2.26. The maximum atomic E-state index is 12.2. The molecule has 1 atom stereocenters. The molecular formula is C16H14Cl2N4OS. The van der Waals surface area contributed by atoms with Gasteiger partial charge in [0, 0.05) is 16.2 Å². The van der Waals surface area contributed by atoms with Gasteiger partial charge in [-0.2, -0.15) is 0 Å². The molecule has 0 unspecified atom stereocenters. The fourth-order valence-corrected chi connectivity index (χ4v) is 3.57. The summed E-state index contributed by atoms with van der Waals surface area (Å²) < 4.78 is 1.84. The van der Waals surface area contributed by atoms with E-state index in [-0.39, 0.29) is 17.7 Å². The number of carbonyl (C=O) groups excluding carboxylic acids is 1. The summed E-state index contributed by atoms with van der Waals surface area (Å²) in [6, 6.07) is 10.7. The summed E-state index contributed by atoms with van der Waals surface area (Å²) in [5.74, 6) is 0.136. The molecule has 1 amide bonds. The van der Waals surface area contributed by atoms with E-state index in [9.17, 15) is 4.79 Å². The molecule has 0 spiro atoms. The molecule has 0 aliphatic rings. The number of rotatable bonds is 5. The Labute approximate surface area is 153 Å². The van der Waals surface area contributed by atoms with Crippen LogP contribution in [0.5, 0.6) is 0 Å². The van der Waals surface area contributed by atoms with Crippen LogP contribution in [0.3, 0.4) is 0 Å². The van der Waals surface area contributed by atoms with Crippen molar-refractivity contribution in [2.45, 2.75) is 18.1 Å². The molecule has 1 aromatic carbocycles. The van der Waals surface area contributed by atoms with Crippen molar-refractivity contribution in [3.05, 3.63) is 58.2 Å². The molecule has 0 saturated heterocycles. The van der Waals surface area contributed by atoms with Gasteiger partial charge < -0.3 is 5.32 Å². The second-order valence-corrected chi connectivity index (χ2v) is 6.94. The first-order valence-electron chi connectivity index (χ1n) is 7.21. The Morgan fingerprint density at radius 3 is 2.92 bits per heavy atom. The summed E-state index contributed by atoms with van der Waals surface area (Å²) in [4.78, 5) is 12.2. The van der Waals surface area contributed by atoms with E-state index >= 15 is 0 Å². The van der Waals surface area contributed by atoms with Crippen molar-refractivity contribution in [1.29, 1.82) is 0 Å². The van der Waals surface area contributed by atoms with Crippen LogP contribution in [0.2, 0.25) is 10.0 Å². The average Bonchev–Trinajstić information content (AvgIpc) is 2.96. The normalized spacial score (nSPS) is 12.3. The van der Waals surface area contributed by atoms with Gasteiger partial charge in [-0.05, 0) is 36.8 Å². The van der Waals surface area contributed by atoms with Gasteiger partial charge in [-0.1, -0.05) is 47.1 Å². The maximum Gasteiger partial charge on any atom is 0.230 e. The Hall–Kier alpha value is -1.76. The molecule has 5 nitrogen and oxygen atoms in total. The van der Waals surface area contributed by atoms with Gasteiger partial charge in [-0.25, -0.2) is 0 Å². The van der Waals surface area contributed by atoms with Gasteiger partial charge in [0.15, 0.2) is 10.8 Å². The SMILES string of the molecule is C[C@@H](NC(=O)CSc1nnc2ccccn12)c1ccc(Cl)cc1Cl. The lowest BCUT2D eigenvalue weighted by molar-refractivity contribution is -0.119. The molecular weight excluding hydrogens is 367 g/mol. The monoisotopic (exact) mass is 380 g/mol. The summed E-state index contributed by atoms with van der Waals surface area (Å²) in [7, 11) is 0. The lowest BCUT2D eigenvalue weighted by atomic mass is 10.1. The van der Waals surface area contributed by atoms with Crippen LogP contribution in [0.4, 0.5) is 0 Å². The number of nitrogens with one attached hydrogen (secondary N) is 1. The minimum absolute atomic E-state index is 0.105. The second-order valence-electron chi connectivity index (χ2n) is 5.16. The summed E-state index contributed by atoms with van der Waals surface area (Å²) in [6.07, 6.45) is 1.87. The highest BCUT2D eigenvalue weighted by molar-refractivity contribution is 7.99. The first-order valence-corrected chi connectivity index (χ1v) is 8.95. The van der Waals surface area contributed by atoms with Crippen LogP contribution >= 0.6 is 35.0 Å². The summed E-state index contributed by atoms with van der Waals surface area (Å²) >= 11 is 13.4. The van der Waals surface area contributed by atoms with E-state index in [2.05, 4.69) is 15.5 Å². The Kier molecular flexibility index (Phi) is 5.28. The van der Waals surface area contributed by atoms with Gasteiger partial charge in [-0.3, -0.25) is 9.20 Å². The molecule has 2 heterocycles. The Morgan fingerprint density at radius 2 is 2.12 bits per heavy atom. The van der Waals surface area contributed by atoms with E-state index in [1.165, 1.54) is 11.8 Å². The third-order valence-electron chi connectivity index (χ3n) is 3.42. The number of pyridine rings is 1.